The van der Waals surface area contributed by atoms with Crippen LogP contribution in [0.5, 0.6) is 0 Å². The normalized spacial score (nSPS) is 12.7. The Morgan fingerprint density at radius 3 is 1.02 bits per heavy atom. The zero-order valence-electron chi connectivity index (χ0n) is 29.2. The number of allylic oxidation sites excluding steroid dienone is 8. The largest absolute Gasteiger partial charge is 0.396 e. The van der Waals surface area contributed by atoms with E-state index >= 15 is 0 Å². The van der Waals surface area contributed by atoms with Gasteiger partial charge in [-0.2, -0.15) is 0 Å². The lowest BCUT2D eigenvalue weighted by Gasteiger charge is -2.28. The van der Waals surface area contributed by atoms with E-state index < -0.39 is 5.60 Å². The fraction of sp³-hybridized carbons (Fsp3) is 0.805. The van der Waals surface area contributed by atoms with Gasteiger partial charge in [-0.05, 0) is 96.3 Å². The van der Waals surface area contributed by atoms with Gasteiger partial charge in [0.15, 0.2) is 0 Å². The molecule has 252 valence electrons. The van der Waals surface area contributed by atoms with Crippen molar-refractivity contribution in [3.63, 3.8) is 0 Å². The molecule has 2 N–H and O–H groups in total. The molecule has 0 aliphatic carbocycles. The minimum atomic E-state index is -0.514. The molecular weight excluding hydrogens is 524 g/mol. The molecule has 0 radical (unpaired) electrons. The van der Waals surface area contributed by atoms with Gasteiger partial charge in [0, 0.05) is 6.61 Å². The van der Waals surface area contributed by atoms with Gasteiger partial charge in [0.25, 0.3) is 0 Å². The van der Waals surface area contributed by atoms with E-state index in [0.29, 0.717) is 0 Å². The molecule has 0 fully saturated rings. The topological polar surface area (TPSA) is 40.5 Å². The van der Waals surface area contributed by atoms with E-state index in [0.717, 1.165) is 57.8 Å². The molecule has 0 saturated carbocycles. The van der Waals surface area contributed by atoms with Crippen LogP contribution >= 0.6 is 0 Å². The van der Waals surface area contributed by atoms with Gasteiger partial charge >= 0.3 is 0 Å². The number of unbranched alkanes of at least 4 members (excludes halogenated alkanes) is 19. The highest BCUT2D eigenvalue weighted by molar-refractivity contribution is 4.93. The minimum absolute atomic E-state index is 0.242. The van der Waals surface area contributed by atoms with E-state index in [1.54, 1.807) is 0 Å². The van der Waals surface area contributed by atoms with Crippen molar-refractivity contribution in [2.45, 2.75) is 206 Å². The molecule has 2 heteroatoms. The molecule has 0 heterocycles. The lowest BCUT2D eigenvalue weighted by Crippen LogP contribution is -2.28. The van der Waals surface area contributed by atoms with Crippen LogP contribution in [0.25, 0.3) is 0 Å². The van der Waals surface area contributed by atoms with Crippen molar-refractivity contribution in [1.82, 2.24) is 0 Å². The summed E-state index contributed by atoms with van der Waals surface area (Å²) in [4.78, 5) is 0. The zero-order valence-corrected chi connectivity index (χ0v) is 29.2. The average Bonchev–Trinajstić information content (AvgIpc) is 3.01. The number of aliphatic hydroxyl groups is 2. The third-order valence-electron chi connectivity index (χ3n) is 8.74. The van der Waals surface area contributed by atoms with Crippen LogP contribution in [0.15, 0.2) is 48.6 Å². The Labute approximate surface area is 270 Å². The molecule has 0 amide bonds. The van der Waals surface area contributed by atoms with Gasteiger partial charge in [-0.3, -0.25) is 0 Å². The van der Waals surface area contributed by atoms with E-state index in [-0.39, 0.29) is 6.61 Å². The van der Waals surface area contributed by atoms with Crippen LogP contribution in [0.1, 0.15) is 200 Å². The summed E-state index contributed by atoms with van der Waals surface area (Å²) in [5.41, 5.74) is -0.514. The van der Waals surface area contributed by atoms with Crippen molar-refractivity contribution in [3.05, 3.63) is 48.6 Å². The fourth-order valence-corrected chi connectivity index (χ4v) is 5.83. The van der Waals surface area contributed by atoms with Crippen molar-refractivity contribution in [1.29, 1.82) is 0 Å². The van der Waals surface area contributed by atoms with Crippen LogP contribution in [-0.4, -0.2) is 22.4 Å². The van der Waals surface area contributed by atoms with E-state index in [4.69, 9.17) is 0 Å². The Kier molecular flexibility index (Phi) is 34.4. The summed E-state index contributed by atoms with van der Waals surface area (Å²) in [6.45, 7) is 4.76. The second-order valence-electron chi connectivity index (χ2n) is 13.1. The number of hydrogen-bond donors (Lipinski definition) is 2. The van der Waals surface area contributed by atoms with Crippen LogP contribution in [-0.2, 0) is 0 Å². The molecule has 0 aliphatic rings. The first-order chi connectivity index (χ1) is 21.2. The number of aliphatic hydroxyl groups excluding tert-OH is 1. The molecule has 0 unspecified atom stereocenters. The maximum Gasteiger partial charge on any atom is 0.0647 e. The van der Waals surface area contributed by atoms with Crippen molar-refractivity contribution in [2.24, 2.45) is 0 Å². The highest BCUT2D eigenvalue weighted by Crippen LogP contribution is 2.28. The van der Waals surface area contributed by atoms with Gasteiger partial charge in [0.05, 0.1) is 5.60 Å². The Morgan fingerprint density at radius 1 is 0.372 bits per heavy atom. The van der Waals surface area contributed by atoms with Crippen LogP contribution < -0.4 is 0 Å². The van der Waals surface area contributed by atoms with E-state index in [9.17, 15) is 10.2 Å². The molecule has 43 heavy (non-hydrogen) atoms. The van der Waals surface area contributed by atoms with Crippen molar-refractivity contribution < 1.29 is 10.2 Å². The third kappa shape index (κ3) is 33.6. The molecule has 0 aromatic heterocycles. The molecule has 0 saturated heterocycles. The van der Waals surface area contributed by atoms with Crippen molar-refractivity contribution in [3.8, 4) is 0 Å². The molecular formula is C41H76O2. The summed E-state index contributed by atoms with van der Waals surface area (Å²) < 4.78 is 0. The standard InChI is InChI=1S/C41H76O2/c1-3-5-7-9-11-13-15-17-19-21-23-25-27-29-31-33-37-41(43,39-35-36-40-42)38-34-32-30-28-26-24-22-20-18-16-14-12-10-8-6-4-2/h11-14,17-20,42-43H,3-10,15-16,21-40H2,1-2H3/b13-11-,14-12-,19-17-,20-18-. The maximum atomic E-state index is 11.4. The molecule has 0 rings (SSSR count). The minimum Gasteiger partial charge on any atom is -0.396 e. The van der Waals surface area contributed by atoms with E-state index in [1.807, 2.05) is 0 Å². The van der Waals surface area contributed by atoms with Gasteiger partial charge in [-0.1, -0.05) is 152 Å². The predicted octanol–water partition coefficient (Wildman–Crippen LogP) is 13.3. The summed E-state index contributed by atoms with van der Waals surface area (Å²) in [5.74, 6) is 0. The fourth-order valence-electron chi connectivity index (χ4n) is 5.83. The zero-order chi connectivity index (χ0) is 31.4. The summed E-state index contributed by atoms with van der Waals surface area (Å²) >= 11 is 0. The lowest BCUT2D eigenvalue weighted by atomic mass is 9.85. The highest BCUT2D eigenvalue weighted by Gasteiger charge is 2.25. The third-order valence-corrected chi connectivity index (χ3v) is 8.74. The second-order valence-corrected chi connectivity index (χ2v) is 13.1. The van der Waals surface area contributed by atoms with Gasteiger partial charge in [0.1, 0.15) is 0 Å². The van der Waals surface area contributed by atoms with E-state index in [2.05, 4.69) is 62.5 Å². The molecule has 0 aromatic carbocycles. The molecule has 0 aromatic rings. The first-order valence-corrected chi connectivity index (χ1v) is 19.1. The summed E-state index contributed by atoms with van der Waals surface area (Å²) in [6, 6.07) is 0. The van der Waals surface area contributed by atoms with Crippen LogP contribution in [0, 0.1) is 0 Å². The Bertz CT molecular complexity index is 596. The molecule has 0 bridgehead atoms. The quantitative estimate of drug-likeness (QED) is 0.0569. The first kappa shape index (κ1) is 41.9. The summed E-state index contributed by atoms with van der Waals surface area (Å²) in [7, 11) is 0. The molecule has 0 spiro atoms. The second kappa shape index (κ2) is 35.4. The number of hydrogen-bond acceptors (Lipinski definition) is 2. The predicted molar refractivity (Wildman–Crippen MR) is 194 cm³/mol. The van der Waals surface area contributed by atoms with Gasteiger partial charge in [-0.25, -0.2) is 0 Å². The van der Waals surface area contributed by atoms with E-state index in [1.165, 1.54) is 128 Å². The Balaban J connectivity index is 3.83. The Morgan fingerprint density at radius 2 is 0.674 bits per heavy atom. The van der Waals surface area contributed by atoms with Crippen LogP contribution in [0.4, 0.5) is 0 Å². The summed E-state index contributed by atoms with van der Waals surface area (Å²) in [6.07, 6.45) is 53.4. The molecule has 2 nitrogen and oxygen atoms in total. The number of rotatable bonds is 34. The monoisotopic (exact) mass is 601 g/mol. The SMILES string of the molecule is CCCCC/C=C\C/C=C\CCCCCCCCC(O)(CCCCO)CCCCCCCC/C=C\C/C=C\CCCCC. The lowest BCUT2D eigenvalue weighted by molar-refractivity contribution is 0.00632. The van der Waals surface area contributed by atoms with Gasteiger partial charge in [-0.15, -0.1) is 0 Å². The van der Waals surface area contributed by atoms with Crippen LogP contribution in [0.3, 0.4) is 0 Å². The van der Waals surface area contributed by atoms with Crippen molar-refractivity contribution >= 4 is 0 Å². The van der Waals surface area contributed by atoms with Gasteiger partial charge < -0.3 is 10.2 Å². The maximum absolute atomic E-state index is 11.4. The van der Waals surface area contributed by atoms with Crippen molar-refractivity contribution in [2.75, 3.05) is 6.61 Å². The Hall–Kier alpha value is -1.12. The smallest absolute Gasteiger partial charge is 0.0647 e. The van der Waals surface area contributed by atoms with Crippen LogP contribution in [0.2, 0.25) is 0 Å². The molecule has 0 atom stereocenters. The average molecular weight is 601 g/mol. The molecule has 0 aliphatic heterocycles. The summed E-state index contributed by atoms with van der Waals surface area (Å²) in [5, 5.41) is 20.6. The highest BCUT2D eigenvalue weighted by atomic mass is 16.3. The van der Waals surface area contributed by atoms with Gasteiger partial charge in [0.2, 0.25) is 0 Å². The first-order valence-electron chi connectivity index (χ1n) is 19.1.